The van der Waals surface area contributed by atoms with Crippen LogP contribution in [0, 0.1) is 37.1 Å². The Kier molecular flexibility index (Phi) is 5.00. The molecule has 0 saturated heterocycles. The first-order valence-corrected chi connectivity index (χ1v) is 10.7. The van der Waals surface area contributed by atoms with Crippen LogP contribution in [0.1, 0.15) is 46.0 Å². The summed E-state index contributed by atoms with van der Waals surface area (Å²) in [5, 5.41) is 4.52. The van der Waals surface area contributed by atoms with Crippen LogP contribution in [0.4, 0.5) is 17.6 Å². The zero-order chi connectivity index (χ0) is 24.5. The standard InChI is InChI=1S/C24H21F4N5O/c1-11-7-15(25)10-33-21(12(2)29-23(11)33)24(34)32-6-5-16-20(13(32)3)30-31(4)22(16)14-8-17(26)19(28)18(27)9-14/h7-10,13H,5-6H2,1-4H3/t13-/m0/s1. The predicted molar refractivity (Wildman–Crippen MR) is 116 cm³/mol. The summed E-state index contributed by atoms with van der Waals surface area (Å²) in [4.78, 5) is 19.7. The third kappa shape index (κ3) is 3.19. The Balaban J connectivity index is 1.56. The molecule has 1 aromatic carbocycles. The van der Waals surface area contributed by atoms with Crippen LogP contribution in [0.5, 0.6) is 0 Å². The Morgan fingerprint density at radius 1 is 1.09 bits per heavy atom. The number of hydrogen-bond acceptors (Lipinski definition) is 3. The smallest absolute Gasteiger partial charge is 0.273 e. The lowest BCUT2D eigenvalue weighted by Crippen LogP contribution is -2.39. The quantitative estimate of drug-likeness (QED) is 0.316. The normalized spacial score (nSPS) is 15.8. The summed E-state index contributed by atoms with van der Waals surface area (Å²) >= 11 is 0. The van der Waals surface area contributed by atoms with Gasteiger partial charge in [-0.2, -0.15) is 5.10 Å². The van der Waals surface area contributed by atoms with E-state index in [0.717, 1.165) is 17.7 Å². The van der Waals surface area contributed by atoms with Crippen LogP contribution < -0.4 is 0 Å². The van der Waals surface area contributed by atoms with Gasteiger partial charge in [0.2, 0.25) is 0 Å². The Bertz CT molecular complexity index is 1470. The van der Waals surface area contributed by atoms with Gasteiger partial charge in [0.15, 0.2) is 17.5 Å². The van der Waals surface area contributed by atoms with Crippen LogP contribution in [-0.2, 0) is 13.5 Å². The summed E-state index contributed by atoms with van der Waals surface area (Å²) in [7, 11) is 1.63. The topological polar surface area (TPSA) is 55.4 Å². The maximum atomic E-state index is 14.1. The Hall–Kier alpha value is -3.69. The van der Waals surface area contributed by atoms with Crippen molar-refractivity contribution < 1.29 is 22.4 Å². The van der Waals surface area contributed by atoms with Crippen LogP contribution in [-0.4, -0.2) is 36.5 Å². The highest BCUT2D eigenvalue weighted by atomic mass is 19.2. The lowest BCUT2D eigenvalue weighted by Gasteiger charge is -2.33. The molecule has 1 amide bonds. The number of aromatic nitrogens is 4. The average Bonchev–Trinajstić information content (AvgIpc) is 3.28. The van der Waals surface area contributed by atoms with Gasteiger partial charge in [-0.05, 0) is 51.0 Å². The predicted octanol–water partition coefficient (Wildman–Crippen LogP) is 4.67. The highest BCUT2D eigenvalue weighted by Gasteiger charge is 2.35. The van der Waals surface area contributed by atoms with Crippen molar-refractivity contribution in [3.05, 3.63) is 75.9 Å². The maximum Gasteiger partial charge on any atom is 0.273 e. The van der Waals surface area contributed by atoms with Crippen molar-refractivity contribution in [3.63, 3.8) is 0 Å². The molecular weight excluding hydrogens is 450 g/mol. The van der Waals surface area contributed by atoms with Crippen molar-refractivity contribution in [2.75, 3.05) is 6.54 Å². The summed E-state index contributed by atoms with van der Waals surface area (Å²) in [5.74, 6) is -4.88. The van der Waals surface area contributed by atoms with E-state index in [1.54, 1.807) is 25.8 Å². The lowest BCUT2D eigenvalue weighted by molar-refractivity contribution is 0.0665. The molecule has 0 spiro atoms. The van der Waals surface area contributed by atoms with Crippen LogP contribution >= 0.6 is 0 Å². The van der Waals surface area contributed by atoms with Gasteiger partial charge in [0.25, 0.3) is 5.91 Å². The van der Waals surface area contributed by atoms with Gasteiger partial charge in [0.1, 0.15) is 17.2 Å². The van der Waals surface area contributed by atoms with Crippen molar-refractivity contribution in [1.82, 2.24) is 24.1 Å². The second kappa shape index (κ2) is 7.68. The number of carbonyl (C=O) groups is 1. The number of nitrogens with zero attached hydrogens (tertiary/aromatic N) is 5. The molecule has 0 unspecified atom stereocenters. The van der Waals surface area contributed by atoms with Gasteiger partial charge >= 0.3 is 0 Å². The first-order valence-electron chi connectivity index (χ1n) is 10.7. The van der Waals surface area contributed by atoms with Crippen LogP contribution in [0.15, 0.2) is 24.4 Å². The third-order valence-electron chi connectivity index (χ3n) is 6.41. The van der Waals surface area contributed by atoms with E-state index in [1.807, 2.05) is 6.92 Å². The van der Waals surface area contributed by atoms with Gasteiger partial charge in [-0.15, -0.1) is 0 Å². The average molecular weight is 471 g/mol. The first kappa shape index (κ1) is 22.1. The van der Waals surface area contributed by atoms with Crippen LogP contribution in [0.2, 0.25) is 0 Å². The van der Waals surface area contributed by atoms with Gasteiger partial charge in [-0.1, -0.05) is 0 Å². The molecule has 0 aliphatic carbocycles. The number of amides is 1. The molecule has 6 nitrogen and oxygen atoms in total. The molecule has 4 aromatic rings. The number of fused-ring (bicyclic) bond motifs is 2. The molecule has 1 aliphatic heterocycles. The fraction of sp³-hybridized carbons (Fsp3) is 0.292. The summed E-state index contributed by atoms with van der Waals surface area (Å²) in [6.45, 7) is 5.54. The lowest BCUT2D eigenvalue weighted by atomic mass is 9.95. The molecule has 0 fully saturated rings. The van der Waals surface area contributed by atoms with Crippen LogP contribution in [0.3, 0.4) is 0 Å². The molecule has 3 aromatic heterocycles. The number of pyridine rings is 1. The second-order valence-corrected chi connectivity index (χ2v) is 8.60. The number of imidazole rings is 1. The monoisotopic (exact) mass is 471 g/mol. The Morgan fingerprint density at radius 3 is 2.44 bits per heavy atom. The van der Waals surface area contributed by atoms with E-state index in [-0.39, 0.29) is 17.2 Å². The third-order valence-corrected chi connectivity index (χ3v) is 6.41. The number of aryl methyl sites for hydroxylation is 3. The first-order chi connectivity index (χ1) is 16.1. The van der Waals surface area contributed by atoms with Crippen LogP contribution in [0.25, 0.3) is 16.9 Å². The summed E-state index contributed by atoms with van der Waals surface area (Å²) in [6.07, 6.45) is 1.62. The van der Waals surface area contributed by atoms with Gasteiger partial charge < -0.3 is 4.90 Å². The molecule has 176 valence electrons. The summed E-state index contributed by atoms with van der Waals surface area (Å²) in [6, 6.07) is 2.78. The molecule has 0 bridgehead atoms. The molecule has 4 heterocycles. The number of hydrogen-bond donors (Lipinski definition) is 0. The highest BCUT2D eigenvalue weighted by molar-refractivity contribution is 5.95. The molecule has 34 heavy (non-hydrogen) atoms. The van der Waals surface area contributed by atoms with E-state index in [2.05, 4.69) is 10.1 Å². The van der Waals surface area contributed by atoms with E-state index in [4.69, 9.17) is 0 Å². The fourth-order valence-electron chi connectivity index (χ4n) is 4.85. The van der Waals surface area contributed by atoms with Gasteiger partial charge in [-0.3, -0.25) is 13.9 Å². The minimum atomic E-state index is -1.53. The van der Waals surface area contributed by atoms with Gasteiger partial charge in [0, 0.05) is 30.9 Å². The van der Waals surface area contributed by atoms with Crippen molar-refractivity contribution >= 4 is 11.6 Å². The number of rotatable bonds is 2. The number of halogens is 4. The van der Waals surface area contributed by atoms with E-state index in [1.165, 1.54) is 21.3 Å². The number of carbonyl (C=O) groups excluding carboxylic acids is 1. The second-order valence-electron chi connectivity index (χ2n) is 8.60. The molecule has 1 aliphatic rings. The van der Waals surface area contributed by atoms with Crippen molar-refractivity contribution in [1.29, 1.82) is 0 Å². The minimum Gasteiger partial charge on any atom is -0.329 e. The largest absolute Gasteiger partial charge is 0.329 e. The summed E-state index contributed by atoms with van der Waals surface area (Å²) in [5.41, 5.74) is 3.83. The Morgan fingerprint density at radius 2 is 1.76 bits per heavy atom. The minimum absolute atomic E-state index is 0.170. The van der Waals surface area contributed by atoms with E-state index < -0.39 is 29.3 Å². The van der Waals surface area contributed by atoms with E-state index in [0.29, 0.717) is 41.3 Å². The van der Waals surface area contributed by atoms with Crippen molar-refractivity contribution in [3.8, 4) is 11.3 Å². The summed E-state index contributed by atoms with van der Waals surface area (Å²) < 4.78 is 58.3. The SMILES string of the molecule is Cc1nc2c(C)cc(F)cn2c1C(=O)N1CCc2c(nn(C)c2-c2cc(F)c(F)c(F)c2)[C@@H]1C. The molecule has 0 radical (unpaired) electrons. The van der Waals surface area contributed by atoms with E-state index >= 15 is 0 Å². The van der Waals surface area contributed by atoms with Gasteiger partial charge in [-0.25, -0.2) is 22.5 Å². The van der Waals surface area contributed by atoms with E-state index in [9.17, 15) is 22.4 Å². The van der Waals surface area contributed by atoms with Crippen molar-refractivity contribution in [2.45, 2.75) is 33.2 Å². The zero-order valence-corrected chi connectivity index (χ0v) is 19.0. The number of benzene rings is 1. The molecule has 0 N–H and O–H groups in total. The highest BCUT2D eigenvalue weighted by Crippen LogP contribution is 2.37. The molecule has 1 atom stereocenters. The zero-order valence-electron chi connectivity index (χ0n) is 19.0. The Labute approximate surface area is 192 Å². The van der Waals surface area contributed by atoms with Gasteiger partial charge in [0.05, 0.1) is 23.1 Å². The molecular formula is C24H21F4N5O. The maximum absolute atomic E-state index is 14.1. The molecule has 0 saturated carbocycles. The molecule has 5 rings (SSSR count). The molecule has 10 heteroatoms. The fourth-order valence-corrected chi connectivity index (χ4v) is 4.85. The van der Waals surface area contributed by atoms with Crippen molar-refractivity contribution in [2.24, 2.45) is 7.05 Å².